The second-order valence-corrected chi connectivity index (χ2v) is 22.5. The number of furan rings is 2. The highest BCUT2D eigenvalue weighted by atomic mass is 16.3. The summed E-state index contributed by atoms with van der Waals surface area (Å²) in [6, 6.07) is 110. The minimum absolute atomic E-state index is 0.565. The molecule has 3 heteroatoms. The summed E-state index contributed by atoms with van der Waals surface area (Å²) in [6.07, 6.45) is 0. The minimum Gasteiger partial charge on any atom is -0.456 e. The molecule has 1 atom stereocenters. The zero-order valence-electron chi connectivity index (χ0n) is 45.1. The van der Waals surface area contributed by atoms with Crippen LogP contribution in [0.2, 0.25) is 0 Å². The van der Waals surface area contributed by atoms with E-state index < -0.39 is 10.8 Å². The Hall–Kier alpha value is -10.7. The molecule has 386 valence electrons. The van der Waals surface area contributed by atoms with Crippen molar-refractivity contribution in [2.45, 2.75) is 10.8 Å². The molecule has 0 amide bonds. The Balaban J connectivity index is 0.835. The number of hydrogen-bond donors (Lipinski definition) is 0. The SMILES string of the molecule is c1ccc(C2(c3ccccc3)c3ccccc3-c3ccc(N(c4ccc(-c5cccc6c5C5(c7ccccc7-6)c6ccccc6-c6c5ccc5oc7ccccc7c65)cc4)c4ccc(-c5cccc6c5oc5ccccc56)cc4)cc32)cc1. The lowest BCUT2D eigenvalue weighted by Crippen LogP contribution is -2.28. The molecule has 0 radical (unpaired) electrons. The van der Waals surface area contributed by atoms with E-state index in [0.29, 0.717) is 0 Å². The molecule has 0 bridgehead atoms. The molecule has 2 heterocycles. The van der Waals surface area contributed by atoms with Crippen LogP contribution in [-0.2, 0) is 10.8 Å². The van der Waals surface area contributed by atoms with E-state index in [4.69, 9.17) is 8.83 Å². The maximum Gasteiger partial charge on any atom is 0.143 e. The van der Waals surface area contributed by atoms with Gasteiger partial charge in [0.1, 0.15) is 22.3 Å². The van der Waals surface area contributed by atoms with Crippen LogP contribution in [0.4, 0.5) is 17.1 Å². The van der Waals surface area contributed by atoms with Crippen molar-refractivity contribution in [3.8, 4) is 55.6 Å². The van der Waals surface area contributed by atoms with Gasteiger partial charge in [0, 0.05) is 44.2 Å². The Morgan fingerprint density at radius 1 is 0.265 bits per heavy atom. The van der Waals surface area contributed by atoms with Gasteiger partial charge in [-0.3, -0.25) is 0 Å². The van der Waals surface area contributed by atoms with E-state index in [1.807, 2.05) is 6.07 Å². The summed E-state index contributed by atoms with van der Waals surface area (Å²) in [6.45, 7) is 0. The number of rotatable bonds is 7. The predicted molar refractivity (Wildman–Crippen MR) is 340 cm³/mol. The standard InChI is InChI=1S/C80H49NO2/c1-3-19-52(20-4-1)79(53-21-5-2-6-22-53)67-32-12-7-23-59(67)61-46-45-56(49-71(61)79)81(55-43-39-51(40-44-55)58-29-18-31-64-62-25-10-15-35-72(62)83-78(58)64)54-41-37-50(38-42-54)57-28-17-30-63-60-24-8-13-33-68(60)80(77(57)63)69-34-14-9-26-65(69)75-70(80)47-48-74-76(75)66-27-11-16-36-73(66)82-74/h1-49H. The average molecular weight is 1060 g/mol. The Bertz CT molecular complexity index is 5110. The first-order valence-electron chi connectivity index (χ1n) is 28.7. The zero-order valence-corrected chi connectivity index (χ0v) is 45.1. The highest BCUT2D eigenvalue weighted by Gasteiger charge is 2.53. The number of nitrogens with zero attached hydrogens (tertiary/aromatic N) is 1. The van der Waals surface area contributed by atoms with Crippen LogP contribution in [0.25, 0.3) is 99.5 Å². The third-order valence-corrected chi connectivity index (χ3v) is 18.6. The van der Waals surface area contributed by atoms with Gasteiger partial charge in [-0.2, -0.15) is 0 Å². The number of fused-ring (bicyclic) bond motifs is 20. The largest absolute Gasteiger partial charge is 0.456 e. The molecule has 3 nitrogen and oxygen atoms in total. The lowest BCUT2D eigenvalue weighted by molar-refractivity contribution is 0.668. The van der Waals surface area contributed by atoms with Gasteiger partial charge in [-0.1, -0.05) is 243 Å². The van der Waals surface area contributed by atoms with Gasteiger partial charge in [0.05, 0.1) is 10.8 Å². The van der Waals surface area contributed by atoms with E-state index >= 15 is 0 Å². The van der Waals surface area contributed by atoms with Crippen molar-refractivity contribution in [3.63, 3.8) is 0 Å². The van der Waals surface area contributed by atoms with E-state index in [9.17, 15) is 0 Å². The van der Waals surface area contributed by atoms with Gasteiger partial charge in [0.15, 0.2) is 0 Å². The first-order valence-corrected chi connectivity index (χ1v) is 28.7. The van der Waals surface area contributed by atoms with Crippen molar-refractivity contribution >= 4 is 60.9 Å². The second kappa shape index (κ2) is 17.4. The van der Waals surface area contributed by atoms with E-state index in [-0.39, 0.29) is 0 Å². The number of anilines is 3. The molecule has 2 aromatic heterocycles. The molecule has 1 spiro atoms. The fourth-order valence-electron chi connectivity index (χ4n) is 15.3. The van der Waals surface area contributed by atoms with Crippen molar-refractivity contribution in [1.82, 2.24) is 0 Å². The molecule has 0 saturated heterocycles. The van der Waals surface area contributed by atoms with Gasteiger partial charge in [0.25, 0.3) is 0 Å². The van der Waals surface area contributed by atoms with Crippen LogP contribution in [0, 0.1) is 0 Å². The van der Waals surface area contributed by atoms with Crippen molar-refractivity contribution in [2.75, 3.05) is 4.90 Å². The molecule has 1 unspecified atom stereocenters. The Morgan fingerprint density at radius 3 is 1.45 bits per heavy atom. The quantitative estimate of drug-likeness (QED) is 0.159. The van der Waals surface area contributed by atoms with Crippen molar-refractivity contribution in [1.29, 1.82) is 0 Å². The van der Waals surface area contributed by atoms with Crippen molar-refractivity contribution in [2.24, 2.45) is 0 Å². The van der Waals surface area contributed by atoms with E-state index in [1.165, 1.54) is 88.8 Å². The summed E-state index contributed by atoms with van der Waals surface area (Å²) in [5.41, 5.74) is 27.9. The minimum atomic E-state index is -0.577. The van der Waals surface area contributed by atoms with Crippen molar-refractivity contribution < 1.29 is 8.83 Å². The smallest absolute Gasteiger partial charge is 0.143 e. The Labute approximate surface area is 480 Å². The van der Waals surface area contributed by atoms with Crippen LogP contribution >= 0.6 is 0 Å². The number of hydrogen-bond acceptors (Lipinski definition) is 3. The van der Waals surface area contributed by atoms with Gasteiger partial charge < -0.3 is 13.7 Å². The lowest BCUT2D eigenvalue weighted by Gasteiger charge is -2.35. The highest BCUT2D eigenvalue weighted by molar-refractivity contribution is 6.17. The fraction of sp³-hybridized carbons (Fsp3) is 0.0250. The van der Waals surface area contributed by atoms with Crippen molar-refractivity contribution in [3.05, 3.63) is 342 Å². The highest BCUT2D eigenvalue weighted by Crippen LogP contribution is 2.66. The molecule has 0 N–H and O–H groups in total. The van der Waals surface area contributed by atoms with Gasteiger partial charge in [-0.25, -0.2) is 0 Å². The molecule has 3 aliphatic carbocycles. The van der Waals surface area contributed by atoms with Crippen LogP contribution in [0.5, 0.6) is 0 Å². The summed E-state index contributed by atoms with van der Waals surface area (Å²) in [5, 5.41) is 4.56. The Morgan fingerprint density at radius 2 is 0.747 bits per heavy atom. The normalized spacial score (nSPS) is 14.9. The average Bonchev–Trinajstić information content (AvgIpc) is 1.87. The molecule has 0 aliphatic heterocycles. The lowest BCUT2D eigenvalue weighted by atomic mass is 9.67. The van der Waals surface area contributed by atoms with Crippen LogP contribution in [0.1, 0.15) is 44.5 Å². The summed E-state index contributed by atoms with van der Waals surface area (Å²) in [5.74, 6) is 0. The zero-order chi connectivity index (χ0) is 54.4. The maximum absolute atomic E-state index is 6.60. The van der Waals surface area contributed by atoms with Gasteiger partial charge in [-0.15, -0.1) is 0 Å². The summed E-state index contributed by atoms with van der Waals surface area (Å²) >= 11 is 0. The van der Waals surface area contributed by atoms with E-state index in [1.54, 1.807) is 0 Å². The molecular weight excluding hydrogens is 1010 g/mol. The summed E-state index contributed by atoms with van der Waals surface area (Å²) in [7, 11) is 0. The molecule has 18 rings (SSSR count). The van der Waals surface area contributed by atoms with Gasteiger partial charge >= 0.3 is 0 Å². The molecular formula is C80H49NO2. The van der Waals surface area contributed by atoms with Gasteiger partial charge in [0.2, 0.25) is 0 Å². The molecule has 83 heavy (non-hydrogen) atoms. The first kappa shape index (κ1) is 46.1. The third-order valence-electron chi connectivity index (χ3n) is 18.6. The topological polar surface area (TPSA) is 29.5 Å². The van der Waals surface area contributed by atoms with E-state index in [0.717, 1.165) is 72.2 Å². The summed E-state index contributed by atoms with van der Waals surface area (Å²) in [4.78, 5) is 2.44. The molecule has 0 saturated carbocycles. The molecule has 15 aromatic rings. The third kappa shape index (κ3) is 6.23. The first-order chi connectivity index (χ1) is 41.2. The van der Waals surface area contributed by atoms with Crippen LogP contribution < -0.4 is 4.90 Å². The van der Waals surface area contributed by atoms with Gasteiger partial charge in [-0.05, 0) is 149 Å². The predicted octanol–water partition coefficient (Wildman–Crippen LogP) is 21.0. The monoisotopic (exact) mass is 1060 g/mol. The fourth-order valence-corrected chi connectivity index (χ4v) is 15.3. The molecule has 3 aliphatic rings. The van der Waals surface area contributed by atoms with Crippen LogP contribution in [0.15, 0.2) is 306 Å². The maximum atomic E-state index is 6.60. The van der Waals surface area contributed by atoms with Crippen LogP contribution in [0.3, 0.4) is 0 Å². The molecule has 13 aromatic carbocycles. The Kier molecular flexibility index (Phi) is 9.64. The van der Waals surface area contributed by atoms with E-state index in [2.05, 4.69) is 296 Å². The molecule has 0 fully saturated rings. The summed E-state index contributed by atoms with van der Waals surface area (Å²) < 4.78 is 13.2. The number of para-hydroxylation sites is 3. The van der Waals surface area contributed by atoms with Crippen LogP contribution in [-0.4, -0.2) is 0 Å². The second-order valence-electron chi connectivity index (χ2n) is 22.5. The number of benzene rings is 13.